The fourth-order valence-electron chi connectivity index (χ4n) is 4.37. The summed E-state index contributed by atoms with van der Waals surface area (Å²) in [5, 5.41) is 8.05. The topological polar surface area (TPSA) is 111 Å². The average molecular weight is 547 g/mol. The summed E-state index contributed by atoms with van der Waals surface area (Å²) in [5.74, 6) is -0.369. The van der Waals surface area contributed by atoms with E-state index in [-0.39, 0.29) is 36.6 Å². The summed E-state index contributed by atoms with van der Waals surface area (Å²) in [4.78, 5) is 50.8. The molecule has 1 aromatic carbocycles. The van der Waals surface area contributed by atoms with Crippen LogP contribution in [0.2, 0.25) is 5.02 Å². The molecule has 37 heavy (non-hydrogen) atoms. The lowest BCUT2D eigenvalue weighted by Gasteiger charge is -2.14. The van der Waals surface area contributed by atoms with E-state index < -0.39 is 5.69 Å². The van der Waals surface area contributed by atoms with Gasteiger partial charge >= 0.3 is 5.69 Å². The molecule has 1 atom stereocenters. The van der Waals surface area contributed by atoms with E-state index >= 15 is 0 Å². The highest BCUT2D eigenvalue weighted by atomic mass is 35.5. The van der Waals surface area contributed by atoms with Gasteiger partial charge in [-0.2, -0.15) is 0 Å². The van der Waals surface area contributed by atoms with Crippen LogP contribution in [0.25, 0.3) is 10.2 Å². The lowest BCUT2D eigenvalue weighted by molar-refractivity contribution is -0.122. The number of hydrogen-bond donors (Lipinski definition) is 2. The zero-order chi connectivity index (χ0) is 26.2. The highest BCUT2D eigenvalue weighted by molar-refractivity contribution is 7.17. The molecule has 1 saturated heterocycles. The fourth-order valence-corrected chi connectivity index (χ4v) is 5.42. The van der Waals surface area contributed by atoms with Gasteiger partial charge in [0.1, 0.15) is 11.2 Å². The first-order valence-electron chi connectivity index (χ1n) is 12.5. The molecule has 1 unspecified atom stereocenters. The second-order valence-corrected chi connectivity index (χ2v) is 10.4. The largest absolute Gasteiger partial charge is 0.376 e. The van der Waals surface area contributed by atoms with Crippen LogP contribution in [0, 0.1) is 0 Å². The van der Waals surface area contributed by atoms with Crippen molar-refractivity contribution in [1.29, 1.82) is 0 Å². The Hall–Kier alpha value is -2.95. The summed E-state index contributed by atoms with van der Waals surface area (Å²) in [7, 11) is 0. The van der Waals surface area contributed by atoms with Gasteiger partial charge in [-0.3, -0.25) is 23.5 Å². The van der Waals surface area contributed by atoms with Gasteiger partial charge in [-0.1, -0.05) is 36.2 Å². The predicted molar refractivity (Wildman–Crippen MR) is 144 cm³/mol. The van der Waals surface area contributed by atoms with Gasteiger partial charge in [0, 0.05) is 37.7 Å². The van der Waals surface area contributed by atoms with Gasteiger partial charge in [-0.05, 0) is 48.8 Å². The summed E-state index contributed by atoms with van der Waals surface area (Å²) in [6.45, 7) is 1.55. The third-order valence-electron chi connectivity index (χ3n) is 6.41. The van der Waals surface area contributed by atoms with E-state index in [1.807, 2.05) is 18.2 Å². The number of nitrogens with one attached hydrogen (secondary N) is 2. The highest BCUT2D eigenvalue weighted by Gasteiger charge is 2.19. The maximum absolute atomic E-state index is 13.2. The molecule has 0 radical (unpaired) electrons. The third kappa shape index (κ3) is 7.09. The minimum Gasteiger partial charge on any atom is -0.376 e. The van der Waals surface area contributed by atoms with Crippen molar-refractivity contribution in [2.75, 3.05) is 13.2 Å². The number of benzene rings is 1. The molecule has 2 amide bonds. The van der Waals surface area contributed by atoms with Gasteiger partial charge in [0.25, 0.3) is 5.56 Å². The Balaban J connectivity index is 1.30. The Morgan fingerprint density at radius 3 is 2.68 bits per heavy atom. The lowest BCUT2D eigenvalue weighted by atomic mass is 10.1. The van der Waals surface area contributed by atoms with Gasteiger partial charge in [-0.15, -0.1) is 11.3 Å². The monoisotopic (exact) mass is 546 g/mol. The Bertz CT molecular complexity index is 1360. The normalized spacial score (nSPS) is 15.2. The zero-order valence-corrected chi connectivity index (χ0v) is 22.1. The SMILES string of the molecule is O=C(CCCCCn1c(=O)c2sccc2n(CC(=O)NCC2CCCO2)c1=O)NCc1ccccc1Cl. The molecule has 9 nitrogen and oxygen atoms in total. The van der Waals surface area contributed by atoms with Crippen LogP contribution >= 0.6 is 22.9 Å². The van der Waals surface area contributed by atoms with Crippen molar-refractivity contribution in [2.45, 2.75) is 64.3 Å². The number of hydrogen-bond acceptors (Lipinski definition) is 6. The molecule has 1 aliphatic rings. The Labute approximate surface area is 223 Å². The van der Waals surface area contributed by atoms with E-state index in [4.69, 9.17) is 16.3 Å². The van der Waals surface area contributed by atoms with Crippen molar-refractivity contribution in [1.82, 2.24) is 19.8 Å². The van der Waals surface area contributed by atoms with Gasteiger partial charge in [0.05, 0.1) is 11.6 Å². The number of halogens is 1. The van der Waals surface area contributed by atoms with Crippen LogP contribution in [-0.2, 0) is 34.0 Å². The van der Waals surface area contributed by atoms with Crippen molar-refractivity contribution >= 4 is 45.0 Å². The molecule has 0 spiro atoms. The van der Waals surface area contributed by atoms with Crippen LogP contribution in [0.4, 0.5) is 0 Å². The lowest BCUT2D eigenvalue weighted by Crippen LogP contribution is -2.43. The van der Waals surface area contributed by atoms with Crippen molar-refractivity contribution in [3.05, 3.63) is 67.1 Å². The number of carbonyl (C=O) groups excluding carboxylic acids is 2. The number of rotatable bonds is 12. The van der Waals surface area contributed by atoms with Crippen LogP contribution in [0.1, 0.15) is 44.1 Å². The number of ether oxygens (including phenoxy) is 1. The van der Waals surface area contributed by atoms with Crippen LogP contribution in [0.15, 0.2) is 45.3 Å². The second-order valence-electron chi connectivity index (χ2n) is 9.08. The number of thiophene rings is 1. The van der Waals surface area contributed by atoms with E-state index in [0.717, 1.165) is 18.4 Å². The molecule has 4 rings (SSSR count). The average Bonchev–Trinajstić information content (AvgIpc) is 3.59. The predicted octanol–water partition coefficient (Wildman–Crippen LogP) is 3.05. The molecule has 1 fully saturated rings. The number of aromatic nitrogens is 2. The van der Waals surface area contributed by atoms with Gasteiger partial charge in [0.15, 0.2) is 0 Å². The number of carbonyl (C=O) groups is 2. The molecule has 3 heterocycles. The van der Waals surface area contributed by atoms with Crippen LogP contribution in [-0.4, -0.2) is 40.2 Å². The fraction of sp³-hybridized carbons (Fsp3) is 0.462. The Kier molecular flexibility index (Phi) is 9.54. The standard InChI is InChI=1S/C26H31ClN4O5S/c27-20-9-4-3-7-18(20)15-28-22(32)10-2-1-5-12-30-25(34)24-21(11-14-37-24)31(26(30)35)17-23(33)29-16-19-8-6-13-36-19/h3-4,7,9,11,14,19H,1-2,5-6,8,10,12-13,15-17H2,(H,28,32)(H,29,33). The summed E-state index contributed by atoms with van der Waals surface area (Å²) in [5.41, 5.74) is 0.487. The molecule has 0 bridgehead atoms. The summed E-state index contributed by atoms with van der Waals surface area (Å²) in [6, 6.07) is 9.05. The summed E-state index contributed by atoms with van der Waals surface area (Å²) in [6.07, 6.45) is 4.11. The maximum Gasteiger partial charge on any atom is 0.332 e. The molecule has 0 aliphatic carbocycles. The molecule has 0 saturated carbocycles. The van der Waals surface area contributed by atoms with Gasteiger partial charge in [-0.25, -0.2) is 4.79 Å². The Morgan fingerprint density at radius 2 is 1.89 bits per heavy atom. The third-order valence-corrected chi connectivity index (χ3v) is 7.67. The van der Waals surface area contributed by atoms with Crippen molar-refractivity contribution in [3.63, 3.8) is 0 Å². The number of amides is 2. The highest BCUT2D eigenvalue weighted by Crippen LogP contribution is 2.16. The molecular weight excluding hydrogens is 516 g/mol. The molecule has 2 N–H and O–H groups in total. The number of fused-ring (bicyclic) bond motifs is 1. The number of unbranched alkanes of at least 4 members (excludes halogenated alkanes) is 2. The van der Waals surface area contributed by atoms with Gasteiger partial charge < -0.3 is 15.4 Å². The smallest absolute Gasteiger partial charge is 0.332 e. The minimum atomic E-state index is -0.499. The van der Waals surface area contributed by atoms with E-state index in [1.165, 1.54) is 20.5 Å². The first-order chi connectivity index (χ1) is 17.9. The summed E-state index contributed by atoms with van der Waals surface area (Å²) < 4.78 is 8.54. The number of nitrogens with zero attached hydrogens (tertiary/aromatic N) is 2. The minimum absolute atomic E-state index is 0.00835. The van der Waals surface area contributed by atoms with E-state index in [9.17, 15) is 19.2 Å². The van der Waals surface area contributed by atoms with E-state index in [2.05, 4.69) is 10.6 Å². The second kappa shape index (κ2) is 13.0. The van der Waals surface area contributed by atoms with E-state index in [0.29, 0.717) is 60.6 Å². The van der Waals surface area contributed by atoms with Crippen LogP contribution in [0.3, 0.4) is 0 Å². The van der Waals surface area contributed by atoms with Crippen molar-refractivity contribution in [3.8, 4) is 0 Å². The van der Waals surface area contributed by atoms with Crippen LogP contribution < -0.4 is 21.9 Å². The molecule has 198 valence electrons. The molecule has 1 aliphatic heterocycles. The molecule has 3 aromatic rings. The first kappa shape index (κ1) is 27.1. The molecule has 2 aromatic heterocycles. The Morgan fingerprint density at radius 1 is 1.05 bits per heavy atom. The summed E-state index contributed by atoms with van der Waals surface area (Å²) >= 11 is 7.37. The van der Waals surface area contributed by atoms with Crippen LogP contribution in [0.5, 0.6) is 0 Å². The van der Waals surface area contributed by atoms with Crippen molar-refractivity contribution in [2.24, 2.45) is 0 Å². The first-order valence-corrected chi connectivity index (χ1v) is 13.8. The molecule has 11 heteroatoms. The quantitative estimate of drug-likeness (QED) is 0.339. The van der Waals surface area contributed by atoms with Crippen molar-refractivity contribution < 1.29 is 14.3 Å². The maximum atomic E-state index is 13.2. The molecular formula is C26H31ClN4O5S. The zero-order valence-electron chi connectivity index (χ0n) is 20.5. The van der Waals surface area contributed by atoms with E-state index in [1.54, 1.807) is 17.5 Å². The van der Waals surface area contributed by atoms with Gasteiger partial charge in [0.2, 0.25) is 11.8 Å².